The summed E-state index contributed by atoms with van der Waals surface area (Å²) in [4.78, 5) is 1.97. The third kappa shape index (κ3) is 2.62. The molecule has 0 radical (unpaired) electrons. The molecule has 0 spiro atoms. The van der Waals surface area contributed by atoms with Crippen molar-refractivity contribution >= 4 is 18.7 Å². The second kappa shape index (κ2) is 4.21. The fraction of sp³-hybridized carbons (Fsp3) is 0.200. The van der Waals surface area contributed by atoms with Crippen LogP contribution >= 0.6 is 12.6 Å². The van der Waals surface area contributed by atoms with E-state index in [1.54, 1.807) is 0 Å². The Morgan fingerprint density at radius 1 is 1.25 bits per heavy atom. The molecule has 1 rings (SSSR count). The molecule has 64 valence electrons. The lowest BCUT2D eigenvalue weighted by atomic mass is 10.2. The first-order chi connectivity index (χ1) is 5.70. The quantitative estimate of drug-likeness (QED) is 0.683. The molecule has 1 nitrogen and oxygen atoms in total. The lowest BCUT2D eigenvalue weighted by molar-refractivity contribution is 0.555. The van der Waals surface area contributed by atoms with Crippen LogP contribution in [-0.4, -0.2) is 19.0 Å². The Bertz CT molecular complexity index is 264. The normalized spacial score (nSPS) is 11.4. The SMILES string of the molecule is CN(C)C(S)=Cc1ccccc1. The Morgan fingerprint density at radius 3 is 2.33 bits per heavy atom. The molecular formula is C10H13NS. The summed E-state index contributed by atoms with van der Waals surface area (Å²) in [6, 6.07) is 10.1. The zero-order valence-electron chi connectivity index (χ0n) is 7.36. The number of hydrogen-bond donors (Lipinski definition) is 1. The summed E-state index contributed by atoms with van der Waals surface area (Å²) in [6.07, 6.45) is 2.03. The van der Waals surface area contributed by atoms with Crippen LogP contribution in [0.15, 0.2) is 35.4 Å². The van der Waals surface area contributed by atoms with E-state index >= 15 is 0 Å². The molecule has 0 aromatic heterocycles. The maximum absolute atomic E-state index is 4.32. The highest BCUT2D eigenvalue weighted by Crippen LogP contribution is 2.10. The lowest BCUT2D eigenvalue weighted by Gasteiger charge is -2.10. The van der Waals surface area contributed by atoms with Gasteiger partial charge in [-0.25, -0.2) is 0 Å². The summed E-state index contributed by atoms with van der Waals surface area (Å²) < 4.78 is 0. The van der Waals surface area contributed by atoms with Crippen LogP contribution < -0.4 is 0 Å². The van der Waals surface area contributed by atoms with Crippen LogP contribution in [0.1, 0.15) is 5.56 Å². The molecule has 0 aliphatic rings. The van der Waals surface area contributed by atoms with Gasteiger partial charge < -0.3 is 4.90 Å². The summed E-state index contributed by atoms with van der Waals surface area (Å²) in [5.74, 6) is 0. The van der Waals surface area contributed by atoms with Crippen molar-refractivity contribution in [1.82, 2.24) is 4.90 Å². The molecule has 2 heteroatoms. The first-order valence-electron chi connectivity index (χ1n) is 3.83. The van der Waals surface area contributed by atoms with Gasteiger partial charge in [-0.1, -0.05) is 30.3 Å². The zero-order chi connectivity index (χ0) is 8.97. The van der Waals surface area contributed by atoms with Gasteiger partial charge in [-0.3, -0.25) is 0 Å². The molecule has 0 saturated heterocycles. The second-order valence-electron chi connectivity index (χ2n) is 2.81. The maximum atomic E-state index is 4.32. The third-order valence-corrected chi connectivity index (χ3v) is 2.08. The molecule has 0 aliphatic carbocycles. The van der Waals surface area contributed by atoms with E-state index in [-0.39, 0.29) is 0 Å². The van der Waals surface area contributed by atoms with Crippen molar-refractivity contribution in [3.05, 3.63) is 40.9 Å². The summed E-state index contributed by atoms with van der Waals surface area (Å²) in [5, 5.41) is 0.959. The zero-order valence-corrected chi connectivity index (χ0v) is 8.25. The Morgan fingerprint density at radius 2 is 1.83 bits per heavy atom. The van der Waals surface area contributed by atoms with E-state index in [1.165, 1.54) is 5.56 Å². The van der Waals surface area contributed by atoms with Crippen LogP contribution in [0.4, 0.5) is 0 Å². The van der Waals surface area contributed by atoms with Crippen molar-refractivity contribution in [3.8, 4) is 0 Å². The Labute approximate surface area is 79.1 Å². The van der Waals surface area contributed by atoms with Crippen LogP contribution in [0.3, 0.4) is 0 Å². The number of thiol groups is 1. The summed E-state index contributed by atoms with van der Waals surface area (Å²) in [6.45, 7) is 0. The van der Waals surface area contributed by atoms with Gasteiger partial charge in [-0.2, -0.15) is 0 Å². The van der Waals surface area contributed by atoms with Gasteiger partial charge in [-0.15, -0.1) is 12.6 Å². The summed E-state index contributed by atoms with van der Waals surface area (Å²) >= 11 is 4.32. The highest BCUT2D eigenvalue weighted by atomic mass is 32.1. The molecule has 0 atom stereocenters. The molecule has 0 bridgehead atoms. The summed E-state index contributed by atoms with van der Waals surface area (Å²) in [5.41, 5.74) is 1.18. The highest BCUT2D eigenvalue weighted by molar-refractivity contribution is 7.84. The minimum Gasteiger partial charge on any atom is -0.373 e. The minimum atomic E-state index is 0.959. The van der Waals surface area contributed by atoms with Gasteiger partial charge in [-0.05, 0) is 11.6 Å². The fourth-order valence-corrected chi connectivity index (χ4v) is 0.977. The number of nitrogens with zero attached hydrogens (tertiary/aromatic N) is 1. The average molecular weight is 179 g/mol. The van der Waals surface area contributed by atoms with E-state index in [9.17, 15) is 0 Å². The molecule has 0 N–H and O–H groups in total. The van der Waals surface area contributed by atoms with E-state index in [2.05, 4.69) is 24.8 Å². The van der Waals surface area contributed by atoms with Crippen LogP contribution in [0.5, 0.6) is 0 Å². The van der Waals surface area contributed by atoms with Crippen molar-refractivity contribution in [1.29, 1.82) is 0 Å². The van der Waals surface area contributed by atoms with Crippen LogP contribution in [-0.2, 0) is 0 Å². The molecular weight excluding hydrogens is 166 g/mol. The van der Waals surface area contributed by atoms with Gasteiger partial charge in [0.15, 0.2) is 0 Å². The van der Waals surface area contributed by atoms with Gasteiger partial charge >= 0.3 is 0 Å². The van der Waals surface area contributed by atoms with Crippen LogP contribution in [0.25, 0.3) is 6.08 Å². The van der Waals surface area contributed by atoms with Crippen molar-refractivity contribution in [2.75, 3.05) is 14.1 Å². The average Bonchev–Trinajstić information content (AvgIpc) is 2.06. The molecule has 12 heavy (non-hydrogen) atoms. The van der Waals surface area contributed by atoms with Gasteiger partial charge in [0.2, 0.25) is 0 Å². The van der Waals surface area contributed by atoms with Crippen molar-refractivity contribution in [3.63, 3.8) is 0 Å². The maximum Gasteiger partial charge on any atom is 0.0677 e. The first kappa shape index (κ1) is 9.20. The standard InChI is InChI=1S/C10H13NS/c1-11(2)10(12)8-9-6-4-3-5-7-9/h3-8,12H,1-2H3. The lowest BCUT2D eigenvalue weighted by Crippen LogP contribution is -2.05. The van der Waals surface area contributed by atoms with Crippen molar-refractivity contribution in [2.45, 2.75) is 0 Å². The van der Waals surface area contributed by atoms with E-state index in [1.807, 2.05) is 43.3 Å². The van der Waals surface area contributed by atoms with E-state index in [0.717, 1.165) is 5.03 Å². The van der Waals surface area contributed by atoms with Gasteiger partial charge in [0.1, 0.15) is 0 Å². The van der Waals surface area contributed by atoms with E-state index < -0.39 is 0 Å². The van der Waals surface area contributed by atoms with E-state index in [0.29, 0.717) is 0 Å². The monoisotopic (exact) mass is 179 g/mol. The fourth-order valence-electron chi connectivity index (χ4n) is 0.827. The summed E-state index contributed by atoms with van der Waals surface area (Å²) in [7, 11) is 3.95. The molecule has 0 unspecified atom stereocenters. The molecule has 1 aromatic rings. The van der Waals surface area contributed by atoms with Crippen molar-refractivity contribution in [2.24, 2.45) is 0 Å². The first-order valence-corrected chi connectivity index (χ1v) is 4.28. The highest BCUT2D eigenvalue weighted by Gasteiger charge is 1.91. The smallest absolute Gasteiger partial charge is 0.0677 e. The Kier molecular flexibility index (Phi) is 3.23. The van der Waals surface area contributed by atoms with Crippen LogP contribution in [0.2, 0.25) is 0 Å². The molecule has 0 saturated carbocycles. The predicted molar refractivity (Wildman–Crippen MR) is 57.1 cm³/mol. The third-order valence-electron chi connectivity index (χ3n) is 1.55. The van der Waals surface area contributed by atoms with Gasteiger partial charge in [0.25, 0.3) is 0 Å². The van der Waals surface area contributed by atoms with Gasteiger partial charge in [0, 0.05) is 14.1 Å². The van der Waals surface area contributed by atoms with Crippen LogP contribution in [0, 0.1) is 0 Å². The Hall–Kier alpha value is -0.890. The minimum absolute atomic E-state index is 0.959. The Balaban J connectivity index is 2.81. The molecule has 0 aliphatic heterocycles. The largest absolute Gasteiger partial charge is 0.373 e. The topological polar surface area (TPSA) is 3.24 Å². The van der Waals surface area contributed by atoms with Crippen molar-refractivity contribution < 1.29 is 0 Å². The molecule has 1 aromatic carbocycles. The number of benzene rings is 1. The number of rotatable bonds is 2. The molecule has 0 heterocycles. The number of hydrogen-bond acceptors (Lipinski definition) is 2. The molecule has 0 fully saturated rings. The van der Waals surface area contributed by atoms with Gasteiger partial charge in [0.05, 0.1) is 5.03 Å². The predicted octanol–water partition coefficient (Wildman–Crippen LogP) is 2.48. The second-order valence-corrected chi connectivity index (χ2v) is 3.27. The molecule has 0 amide bonds. The van der Waals surface area contributed by atoms with E-state index in [4.69, 9.17) is 0 Å².